The van der Waals surface area contributed by atoms with Crippen molar-refractivity contribution in [2.45, 2.75) is 20.4 Å². The summed E-state index contributed by atoms with van der Waals surface area (Å²) < 4.78 is 0. The summed E-state index contributed by atoms with van der Waals surface area (Å²) in [5, 5.41) is 6.78. The second-order valence-corrected chi connectivity index (χ2v) is 6.65. The van der Waals surface area contributed by atoms with Gasteiger partial charge >= 0.3 is 0 Å². The van der Waals surface area contributed by atoms with Crippen molar-refractivity contribution in [1.82, 2.24) is 15.6 Å². The molecule has 0 unspecified atom stereocenters. The van der Waals surface area contributed by atoms with E-state index in [0.717, 1.165) is 37.0 Å². The zero-order valence-corrected chi connectivity index (χ0v) is 19.9. The molecule has 0 saturated carbocycles. The number of rotatable bonds is 8. The molecular formula is C21H33IN6. The van der Waals surface area contributed by atoms with E-state index in [2.05, 4.69) is 69.7 Å². The number of nitrogens with zero attached hydrogens (tertiary/aromatic N) is 4. The fraction of sp³-hybridized carbons (Fsp3) is 0.429. The van der Waals surface area contributed by atoms with Gasteiger partial charge in [0.15, 0.2) is 5.96 Å². The molecule has 2 aromatic rings. The number of anilines is 2. The number of likely N-dealkylation sites (N-methyl/N-ethyl adjacent to an activating group) is 1. The summed E-state index contributed by atoms with van der Waals surface area (Å²) in [6, 6.07) is 12.7. The Labute approximate surface area is 186 Å². The average molecular weight is 496 g/mol. The molecule has 0 radical (unpaired) electrons. The van der Waals surface area contributed by atoms with E-state index >= 15 is 0 Å². The third-order valence-corrected chi connectivity index (χ3v) is 4.38. The number of pyridine rings is 1. The lowest BCUT2D eigenvalue weighted by Gasteiger charge is -2.24. The SMILES string of the molecule is CCN(CCNC(=NC)NCc1cccnc1N(C)C)c1cccc(C)c1.I. The highest BCUT2D eigenvalue weighted by atomic mass is 127. The van der Waals surface area contributed by atoms with Crippen molar-refractivity contribution in [2.75, 3.05) is 50.6 Å². The molecule has 0 aliphatic rings. The molecule has 0 atom stereocenters. The molecule has 2 N–H and O–H groups in total. The van der Waals surface area contributed by atoms with Gasteiger partial charge in [-0.25, -0.2) is 4.98 Å². The highest BCUT2D eigenvalue weighted by Gasteiger charge is 2.07. The minimum Gasteiger partial charge on any atom is -0.370 e. The third kappa shape index (κ3) is 7.18. The summed E-state index contributed by atoms with van der Waals surface area (Å²) in [4.78, 5) is 13.1. The molecule has 0 bridgehead atoms. The summed E-state index contributed by atoms with van der Waals surface area (Å²) in [6.07, 6.45) is 1.82. The van der Waals surface area contributed by atoms with Gasteiger partial charge in [-0.05, 0) is 37.6 Å². The van der Waals surface area contributed by atoms with Crippen LogP contribution in [0.1, 0.15) is 18.1 Å². The number of guanidine groups is 1. The molecule has 28 heavy (non-hydrogen) atoms. The molecule has 0 aliphatic carbocycles. The van der Waals surface area contributed by atoms with E-state index in [1.54, 1.807) is 7.05 Å². The topological polar surface area (TPSA) is 55.8 Å². The van der Waals surface area contributed by atoms with E-state index in [1.807, 2.05) is 31.3 Å². The van der Waals surface area contributed by atoms with Crippen molar-refractivity contribution >= 4 is 41.4 Å². The van der Waals surface area contributed by atoms with E-state index in [0.29, 0.717) is 6.54 Å². The molecule has 0 saturated heterocycles. The zero-order valence-electron chi connectivity index (χ0n) is 17.6. The van der Waals surface area contributed by atoms with E-state index < -0.39 is 0 Å². The predicted octanol–water partition coefficient (Wildman–Crippen LogP) is 3.27. The maximum absolute atomic E-state index is 4.44. The van der Waals surface area contributed by atoms with Crippen LogP contribution >= 0.6 is 24.0 Å². The molecule has 154 valence electrons. The Morgan fingerprint density at radius 2 is 1.93 bits per heavy atom. The first-order valence-corrected chi connectivity index (χ1v) is 9.42. The number of nitrogens with one attached hydrogen (secondary N) is 2. The summed E-state index contributed by atoms with van der Waals surface area (Å²) in [6.45, 7) is 7.68. The lowest BCUT2D eigenvalue weighted by Crippen LogP contribution is -2.41. The van der Waals surface area contributed by atoms with Crippen LogP contribution in [0.4, 0.5) is 11.5 Å². The molecule has 0 fully saturated rings. The van der Waals surface area contributed by atoms with E-state index in [1.165, 1.54) is 11.3 Å². The van der Waals surface area contributed by atoms with Crippen molar-refractivity contribution in [2.24, 2.45) is 4.99 Å². The van der Waals surface area contributed by atoms with Gasteiger partial charge in [-0.2, -0.15) is 0 Å². The highest BCUT2D eigenvalue weighted by molar-refractivity contribution is 14.0. The van der Waals surface area contributed by atoms with Gasteiger partial charge in [0.2, 0.25) is 0 Å². The fourth-order valence-electron chi connectivity index (χ4n) is 2.97. The van der Waals surface area contributed by atoms with Gasteiger partial charge in [0, 0.05) is 64.8 Å². The fourth-order valence-corrected chi connectivity index (χ4v) is 2.97. The van der Waals surface area contributed by atoms with Crippen molar-refractivity contribution in [3.63, 3.8) is 0 Å². The Bertz CT molecular complexity index is 747. The molecular weight excluding hydrogens is 463 g/mol. The highest BCUT2D eigenvalue weighted by Crippen LogP contribution is 2.15. The number of aromatic nitrogens is 1. The zero-order chi connectivity index (χ0) is 19.6. The van der Waals surface area contributed by atoms with Crippen molar-refractivity contribution in [1.29, 1.82) is 0 Å². The molecule has 2 rings (SSSR count). The van der Waals surface area contributed by atoms with Crippen LogP contribution in [0.2, 0.25) is 0 Å². The van der Waals surface area contributed by atoms with Crippen LogP contribution < -0.4 is 20.4 Å². The Morgan fingerprint density at radius 1 is 1.14 bits per heavy atom. The van der Waals surface area contributed by atoms with Crippen LogP contribution in [0, 0.1) is 6.92 Å². The van der Waals surface area contributed by atoms with Gasteiger partial charge in [0.25, 0.3) is 0 Å². The van der Waals surface area contributed by atoms with Gasteiger partial charge in [-0.3, -0.25) is 4.99 Å². The summed E-state index contributed by atoms with van der Waals surface area (Å²) in [5.74, 6) is 1.76. The van der Waals surface area contributed by atoms with Crippen LogP contribution in [-0.2, 0) is 6.54 Å². The molecule has 1 aromatic carbocycles. The van der Waals surface area contributed by atoms with Crippen LogP contribution in [0.3, 0.4) is 0 Å². The number of hydrogen-bond acceptors (Lipinski definition) is 4. The smallest absolute Gasteiger partial charge is 0.191 e. The number of aryl methyl sites for hydroxylation is 1. The van der Waals surface area contributed by atoms with Gasteiger partial charge in [0.1, 0.15) is 5.82 Å². The Balaban J connectivity index is 0.00000392. The molecule has 1 aromatic heterocycles. The maximum atomic E-state index is 4.44. The predicted molar refractivity (Wildman–Crippen MR) is 131 cm³/mol. The summed E-state index contributed by atoms with van der Waals surface area (Å²) in [7, 11) is 5.80. The Kier molecular flexibility index (Phi) is 10.7. The van der Waals surface area contributed by atoms with Crippen molar-refractivity contribution < 1.29 is 0 Å². The maximum Gasteiger partial charge on any atom is 0.191 e. The third-order valence-electron chi connectivity index (χ3n) is 4.38. The lowest BCUT2D eigenvalue weighted by atomic mass is 10.2. The van der Waals surface area contributed by atoms with Gasteiger partial charge in [0.05, 0.1) is 0 Å². The second-order valence-electron chi connectivity index (χ2n) is 6.65. The largest absolute Gasteiger partial charge is 0.370 e. The van der Waals surface area contributed by atoms with Crippen LogP contribution in [0.5, 0.6) is 0 Å². The number of hydrogen-bond donors (Lipinski definition) is 2. The van der Waals surface area contributed by atoms with Gasteiger partial charge in [-0.15, -0.1) is 24.0 Å². The molecule has 0 aliphatic heterocycles. The van der Waals surface area contributed by atoms with Crippen LogP contribution in [-0.4, -0.2) is 51.7 Å². The van der Waals surface area contributed by atoms with Gasteiger partial charge in [-0.1, -0.05) is 18.2 Å². The van der Waals surface area contributed by atoms with Gasteiger partial charge < -0.3 is 20.4 Å². The standard InChI is InChI=1S/C21H32N6.HI/c1-6-27(19-11-7-9-17(2)15-19)14-13-24-21(22-3)25-16-18-10-8-12-23-20(18)26(4)5;/h7-12,15H,6,13-14,16H2,1-5H3,(H2,22,24,25);1H. The normalized spacial score (nSPS) is 10.8. The Morgan fingerprint density at radius 3 is 2.57 bits per heavy atom. The van der Waals surface area contributed by atoms with Crippen molar-refractivity contribution in [3.05, 3.63) is 53.7 Å². The molecule has 1 heterocycles. The quantitative estimate of drug-likeness (QED) is 0.334. The van der Waals surface area contributed by atoms with Crippen molar-refractivity contribution in [3.8, 4) is 0 Å². The summed E-state index contributed by atoms with van der Waals surface area (Å²) in [5.41, 5.74) is 3.68. The average Bonchev–Trinajstić information content (AvgIpc) is 2.67. The minimum absolute atomic E-state index is 0. The Hall–Kier alpha value is -2.03. The van der Waals surface area contributed by atoms with E-state index in [-0.39, 0.29) is 24.0 Å². The monoisotopic (exact) mass is 496 g/mol. The molecule has 0 spiro atoms. The van der Waals surface area contributed by atoms with Crippen LogP contribution in [0.25, 0.3) is 0 Å². The first-order chi connectivity index (χ1) is 13.0. The second kappa shape index (κ2) is 12.4. The molecule has 7 heteroatoms. The molecule has 0 amide bonds. The van der Waals surface area contributed by atoms with Crippen LogP contribution in [0.15, 0.2) is 47.6 Å². The molecule has 6 nitrogen and oxygen atoms in total. The number of aliphatic imine (C=N–C) groups is 1. The first kappa shape index (κ1) is 24.0. The number of halogens is 1. The van der Waals surface area contributed by atoms with E-state index in [9.17, 15) is 0 Å². The first-order valence-electron chi connectivity index (χ1n) is 9.42. The lowest BCUT2D eigenvalue weighted by molar-refractivity contribution is 0.749. The summed E-state index contributed by atoms with van der Waals surface area (Å²) >= 11 is 0. The van der Waals surface area contributed by atoms with E-state index in [4.69, 9.17) is 0 Å². The minimum atomic E-state index is 0. The number of benzene rings is 1.